The molecule has 15 heavy (non-hydrogen) atoms. The van der Waals surface area contributed by atoms with Gasteiger partial charge in [0.05, 0.1) is 0 Å². The van der Waals surface area contributed by atoms with E-state index in [-0.39, 0.29) is 10.8 Å². The molecule has 0 aliphatic rings. The molecular formula is C12H17BrClN. The third-order valence-electron chi connectivity index (χ3n) is 2.28. The highest BCUT2D eigenvalue weighted by Gasteiger charge is 2.21. The summed E-state index contributed by atoms with van der Waals surface area (Å²) in [5.41, 5.74) is 1.34. The third kappa shape index (κ3) is 4.98. The van der Waals surface area contributed by atoms with Crippen LogP contribution in [0.4, 0.5) is 0 Å². The summed E-state index contributed by atoms with van der Waals surface area (Å²) in [5, 5.41) is 0.218. The zero-order valence-electron chi connectivity index (χ0n) is 9.43. The Morgan fingerprint density at radius 1 is 1.47 bits per heavy atom. The normalized spacial score (nSPS) is 13.9. The van der Waals surface area contributed by atoms with Gasteiger partial charge in [-0.3, -0.25) is 4.98 Å². The van der Waals surface area contributed by atoms with Crippen LogP contribution in [0.1, 0.15) is 32.9 Å². The quantitative estimate of drug-likeness (QED) is 0.748. The Morgan fingerprint density at radius 2 is 2.13 bits per heavy atom. The highest BCUT2D eigenvalue weighted by Crippen LogP contribution is 2.28. The van der Waals surface area contributed by atoms with Crippen LogP contribution in [0.25, 0.3) is 0 Å². The lowest BCUT2D eigenvalue weighted by molar-refractivity contribution is 0.328. The van der Waals surface area contributed by atoms with Crippen molar-refractivity contribution in [2.24, 2.45) is 5.41 Å². The summed E-state index contributed by atoms with van der Waals surface area (Å²) < 4.78 is 1.02. The number of halogens is 2. The van der Waals surface area contributed by atoms with Crippen molar-refractivity contribution in [3.05, 3.63) is 28.5 Å². The number of aromatic nitrogens is 1. The average Bonchev–Trinajstić information content (AvgIpc) is 2.06. The largest absolute Gasteiger partial charge is 0.260 e. The minimum absolute atomic E-state index is 0.210. The SMILES string of the molecule is CC(Cl)CC(C)(C)Cc1ccc(Br)cn1. The molecule has 0 bridgehead atoms. The van der Waals surface area contributed by atoms with Crippen LogP contribution in [-0.2, 0) is 6.42 Å². The molecule has 0 saturated carbocycles. The molecule has 1 nitrogen and oxygen atoms in total. The van der Waals surface area contributed by atoms with Crippen LogP contribution in [0.2, 0.25) is 0 Å². The second-order valence-corrected chi connectivity index (χ2v) is 6.45. The monoisotopic (exact) mass is 289 g/mol. The molecule has 0 aliphatic carbocycles. The van der Waals surface area contributed by atoms with Crippen LogP contribution in [0, 0.1) is 5.41 Å². The number of nitrogens with zero attached hydrogens (tertiary/aromatic N) is 1. The van der Waals surface area contributed by atoms with Crippen LogP contribution in [0.15, 0.2) is 22.8 Å². The van der Waals surface area contributed by atoms with Crippen LogP contribution < -0.4 is 0 Å². The number of alkyl halides is 1. The summed E-state index contributed by atoms with van der Waals surface area (Å²) in [5.74, 6) is 0. The average molecular weight is 291 g/mol. The summed E-state index contributed by atoms with van der Waals surface area (Å²) in [6.07, 6.45) is 3.82. The standard InChI is InChI=1S/C12H17BrClN/c1-9(14)6-12(2,3)7-11-5-4-10(13)8-15-11/h4-5,8-9H,6-7H2,1-3H3. The van der Waals surface area contributed by atoms with Gasteiger partial charge in [-0.25, -0.2) is 0 Å². The van der Waals surface area contributed by atoms with Crippen LogP contribution >= 0.6 is 27.5 Å². The van der Waals surface area contributed by atoms with Crippen molar-refractivity contribution in [3.8, 4) is 0 Å². The van der Waals surface area contributed by atoms with Gasteiger partial charge in [0, 0.05) is 21.7 Å². The topological polar surface area (TPSA) is 12.9 Å². The third-order valence-corrected chi connectivity index (χ3v) is 2.91. The van der Waals surface area contributed by atoms with E-state index in [1.165, 1.54) is 0 Å². The van der Waals surface area contributed by atoms with Crippen LogP contribution in [0.3, 0.4) is 0 Å². The maximum atomic E-state index is 6.03. The molecule has 0 radical (unpaired) electrons. The number of hydrogen-bond acceptors (Lipinski definition) is 1. The van der Waals surface area contributed by atoms with Gasteiger partial charge in [0.1, 0.15) is 0 Å². The number of rotatable bonds is 4. The molecule has 0 amide bonds. The van der Waals surface area contributed by atoms with Crippen LogP contribution in [0.5, 0.6) is 0 Å². The van der Waals surface area contributed by atoms with Gasteiger partial charge in [-0.2, -0.15) is 0 Å². The van der Waals surface area contributed by atoms with E-state index in [9.17, 15) is 0 Å². The molecule has 0 aromatic carbocycles. The van der Waals surface area contributed by atoms with E-state index in [1.54, 1.807) is 0 Å². The van der Waals surface area contributed by atoms with E-state index in [2.05, 4.69) is 40.8 Å². The first-order valence-corrected chi connectivity index (χ1v) is 6.36. The molecule has 1 unspecified atom stereocenters. The number of pyridine rings is 1. The minimum Gasteiger partial charge on any atom is -0.260 e. The molecule has 1 atom stereocenters. The van der Waals surface area contributed by atoms with E-state index in [1.807, 2.05) is 19.2 Å². The van der Waals surface area contributed by atoms with Gasteiger partial charge in [-0.15, -0.1) is 11.6 Å². The van der Waals surface area contributed by atoms with Crippen molar-refractivity contribution in [1.29, 1.82) is 0 Å². The molecule has 1 aromatic rings. The summed E-state index contributed by atoms with van der Waals surface area (Å²) in [6, 6.07) is 4.09. The second kappa shape index (κ2) is 5.31. The van der Waals surface area contributed by atoms with Crippen molar-refractivity contribution in [1.82, 2.24) is 4.98 Å². The maximum absolute atomic E-state index is 6.03. The van der Waals surface area contributed by atoms with E-state index in [0.29, 0.717) is 0 Å². The Morgan fingerprint density at radius 3 is 2.60 bits per heavy atom. The minimum atomic E-state index is 0.210. The van der Waals surface area contributed by atoms with E-state index in [4.69, 9.17) is 11.6 Å². The Hall–Kier alpha value is -0.0800. The second-order valence-electron chi connectivity index (χ2n) is 4.79. The lowest BCUT2D eigenvalue weighted by Crippen LogP contribution is -2.19. The fourth-order valence-electron chi connectivity index (χ4n) is 1.83. The van der Waals surface area contributed by atoms with Crippen molar-refractivity contribution in [2.75, 3.05) is 0 Å². The first-order valence-electron chi connectivity index (χ1n) is 5.13. The Kier molecular flexibility index (Phi) is 4.60. The van der Waals surface area contributed by atoms with Gasteiger partial charge in [0.25, 0.3) is 0 Å². The zero-order chi connectivity index (χ0) is 11.5. The van der Waals surface area contributed by atoms with Gasteiger partial charge in [0.2, 0.25) is 0 Å². The summed E-state index contributed by atoms with van der Waals surface area (Å²) in [4.78, 5) is 4.38. The molecule has 1 heterocycles. The van der Waals surface area contributed by atoms with Crippen molar-refractivity contribution in [3.63, 3.8) is 0 Å². The lowest BCUT2D eigenvalue weighted by atomic mass is 9.83. The van der Waals surface area contributed by atoms with E-state index in [0.717, 1.165) is 23.0 Å². The fraction of sp³-hybridized carbons (Fsp3) is 0.583. The molecule has 0 aliphatic heterocycles. The predicted octanol–water partition coefficient (Wildman–Crippen LogP) is 4.43. The summed E-state index contributed by atoms with van der Waals surface area (Å²) in [6.45, 7) is 6.50. The molecular weight excluding hydrogens is 273 g/mol. The maximum Gasteiger partial charge on any atom is 0.0413 e. The Balaban J connectivity index is 2.64. The highest BCUT2D eigenvalue weighted by atomic mass is 79.9. The van der Waals surface area contributed by atoms with Crippen LogP contribution in [-0.4, -0.2) is 10.4 Å². The van der Waals surface area contributed by atoms with Gasteiger partial charge in [0.15, 0.2) is 0 Å². The van der Waals surface area contributed by atoms with Gasteiger partial charge < -0.3 is 0 Å². The van der Waals surface area contributed by atoms with Gasteiger partial charge in [-0.1, -0.05) is 13.8 Å². The van der Waals surface area contributed by atoms with Gasteiger partial charge >= 0.3 is 0 Å². The molecule has 1 aromatic heterocycles. The summed E-state index contributed by atoms with van der Waals surface area (Å²) in [7, 11) is 0. The smallest absolute Gasteiger partial charge is 0.0413 e. The predicted molar refractivity (Wildman–Crippen MR) is 69.4 cm³/mol. The van der Waals surface area contributed by atoms with Gasteiger partial charge in [-0.05, 0) is 53.2 Å². The van der Waals surface area contributed by atoms with Crippen molar-refractivity contribution >= 4 is 27.5 Å². The van der Waals surface area contributed by atoms with Crippen molar-refractivity contribution in [2.45, 2.75) is 39.0 Å². The zero-order valence-corrected chi connectivity index (χ0v) is 11.8. The van der Waals surface area contributed by atoms with Crippen molar-refractivity contribution < 1.29 is 0 Å². The van der Waals surface area contributed by atoms with E-state index < -0.39 is 0 Å². The highest BCUT2D eigenvalue weighted by molar-refractivity contribution is 9.10. The molecule has 84 valence electrons. The number of hydrogen-bond donors (Lipinski definition) is 0. The molecule has 3 heteroatoms. The fourth-order valence-corrected chi connectivity index (χ4v) is 2.49. The molecule has 0 fully saturated rings. The first kappa shape index (κ1) is 13.0. The Labute approximate surface area is 105 Å². The molecule has 0 spiro atoms. The first-order chi connectivity index (χ1) is 6.89. The molecule has 0 N–H and O–H groups in total. The lowest BCUT2D eigenvalue weighted by Gasteiger charge is -2.25. The summed E-state index contributed by atoms with van der Waals surface area (Å²) >= 11 is 9.41. The molecule has 0 saturated heterocycles. The molecule has 1 rings (SSSR count). The van der Waals surface area contributed by atoms with E-state index >= 15 is 0 Å². The Bertz CT molecular complexity index is 306.